The van der Waals surface area contributed by atoms with Gasteiger partial charge in [0.25, 0.3) is 0 Å². The van der Waals surface area contributed by atoms with Gasteiger partial charge in [-0.15, -0.1) is 0 Å². The maximum Gasteiger partial charge on any atom is 0.304 e. The summed E-state index contributed by atoms with van der Waals surface area (Å²) in [5.41, 5.74) is 4.27. The summed E-state index contributed by atoms with van der Waals surface area (Å²) in [7, 11) is 1.51. The smallest absolute Gasteiger partial charge is 0.304 e. The molecule has 1 aromatic heterocycles. The highest BCUT2D eigenvalue weighted by atomic mass is 19.1. The number of aromatic nitrogens is 1. The molecule has 164 valence electrons. The first-order chi connectivity index (χ1) is 15.5. The van der Waals surface area contributed by atoms with Gasteiger partial charge in [-0.25, -0.2) is 9.37 Å². The summed E-state index contributed by atoms with van der Waals surface area (Å²) in [5.74, 6) is 0.331. The first-order valence-electron chi connectivity index (χ1n) is 10.5. The first-order valence-corrected chi connectivity index (χ1v) is 10.5. The molecule has 32 heavy (non-hydrogen) atoms. The molecule has 0 saturated carbocycles. The Morgan fingerprint density at radius 2 is 2.09 bits per heavy atom. The van der Waals surface area contributed by atoms with Crippen LogP contribution in [0.25, 0.3) is 11.1 Å². The second-order valence-electron chi connectivity index (χ2n) is 8.03. The summed E-state index contributed by atoms with van der Waals surface area (Å²) in [6.07, 6.45) is 2.60. The minimum absolute atomic E-state index is 0.0440. The normalized spacial score (nSPS) is 18.6. The number of carboxylic acid groups (broad SMARTS) is 1. The van der Waals surface area contributed by atoms with E-state index in [2.05, 4.69) is 4.98 Å². The Bertz CT molecular complexity index is 1190. The number of carboxylic acids is 1. The predicted octanol–water partition coefficient (Wildman–Crippen LogP) is 4.91. The molecule has 0 spiro atoms. The fourth-order valence-corrected chi connectivity index (χ4v) is 4.60. The van der Waals surface area contributed by atoms with Crippen LogP contribution in [-0.4, -0.2) is 29.8 Å². The van der Waals surface area contributed by atoms with Crippen molar-refractivity contribution in [2.75, 3.05) is 13.7 Å². The zero-order valence-electron chi connectivity index (χ0n) is 17.5. The molecular weight excluding hydrogens is 413 g/mol. The van der Waals surface area contributed by atoms with Crippen LogP contribution in [0.3, 0.4) is 0 Å². The molecule has 1 aliphatic heterocycles. The number of methoxy groups -OCH3 is 1. The van der Waals surface area contributed by atoms with Crippen molar-refractivity contribution in [2.45, 2.75) is 31.3 Å². The van der Waals surface area contributed by atoms with Crippen LogP contribution >= 0.6 is 0 Å². The first kappa shape index (κ1) is 20.3. The highest BCUT2D eigenvalue weighted by Crippen LogP contribution is 2.43. The second-order valence-corrected chi connectivity index (χ2v) is 8.03. The van der Waals surface area contributed by atoms with E-state index in [1.165, 1.54) is 13.3 Å². The highest BCUT2D eigenvalue weighted by molar-refractivity contribution is 5.71. The van der Waals surface area contributed by atoms with E-state index in [1.54, 1.807) is 6.07 Å². The van der Waals surface area contributed by atoms with E-state index in [4.69, 9.17) is 19.3 Å². The van der Waals surface area contributed by atoms with Crippen molar-refractivity contribution in [2.24, 2.45) is 0 Å². The molecule has 5 rings (SSSR count). The van der Waals surface area contributed by atoms with Gasteiger partial charge < -0.3 is 19.3 Å². The molecule has 2 aliphatic rings. The van der Waals surface area contributed by atoms with Gasteiger partial charge in [-0.3, -0.25) is 4.79 Å². The van der Waals surface area contributed by atoms with Crippen LogP contribution < -0.4 is 14.2 Å². The van der Waals surface area contributed by atoms with Crippen molar-refractivity contribution in [3.8, 4) is 28.5 Å². The van der Waals surface area contributed by atoms with Crippen molar-refractivity contribution in [3.63, 3.8) is 0 Å². The third kappa shape index (κ3) is 3.64. The maximum absolute atomic E-state index is 14.5. The molecule has 0 amide bonds. The van der Waals surface area contributed by atoms with Crippen LogP contribution in [0.4, 0.5) is 4.39 Å². The van der Waals surface area contributed by atoms with Crippen LogP contribution in [0.15, 0.2) is 48.7 Å². The second kappa shape index (κ2) is 8.15. The average Bonchev–Trinajstić information content (AvgIpc) is 3.38. The number of pyridine rings is 1. The Morgan fingerprint density at radius 1 is 1.22 bits per heavy atom. The molecule has 7 heteroatoms. The maximum atomic E-state index is 14.5. The van der Waals surface area contributed by atoms with Gasteiger partial charge in [-0.2, -0.15) is 0 Å². The topological polar surface area (TPSA) is 77.9 Å². The van der Waals surface area contributed by atoms with Gasteiger partial charge >= 0.3 is 5.97 Å². The monoisotopic (exact) mass is 435 g/mol. The summed E-state index contributed by atoms with van der Waals surface area (Å²) in [5, 5.41) is 9.07. The lowest BCUT2D eigenvalue weighted by atomic mass is 9.97. The number of benzene rings is 2. The Labute approximate surface area is 184 Å². The van der Waals surface area contributed by atoms with Crippen LogP contribution in [0.1, 0.15) is 41.6 Å². The van der Waals surface area contributed by atoms with E-state index in [0.29, 0.717) is 29.5 Å². The zero-order valence-corrected chi connectivity index (χ0v) is 17.5. The molecule has 0 unspecified atom stereocenters. The quantitative estimate of drug-likeness (QED) is 0.593. The SMILES string of the molecule is COc1cc(-c2cccc3c2CC[C@H]3Oc2ccc3c(c2)OC[C@H]3CC(=O)O)c(F)cn1. The Morgan fingerprint density at radius 3 is 2.91 bits per heavy atom. The van der Waals surface area contributed by atoms with Gasteiger partial charge in [-0.05, 0) is 35.6 Å². The Balaban J connectivity index is 1.41. The highest BCUT2D eigenvalue weighted by Gasteiger charge is 2.30. The average molecular weight is 435 g/mol. The standard InChI is InChI=1S/C25H22FNO5/c1-30-24-11-20(21(26)12-27-24)17-3-2-4-19-18(17)7-8-22(19)32-15-5-6-16-14(9-25(28)29)13-31-23(16)10-15/h2-6,10-12,14,22H,7-9,13H2,1H3,(H,28,29)/t14-,22-/m1/s1. The molecule has 0 fully saturated rings. The van der Waals surface area contributed by atoms with E-state index in [-0.39, 0.29) is 18.4 Å². The van der Waals surface area contributed by atoms with Crippen molar-refractivity contribution < 1.29 is 28.5 Å². The van der Waals surface area contributed by atoms with Crippen LogP contribution in [-0.2, 0) is 11.2 Å². The predicted molar refractivity (Wildman–Crippen MR) is 115 cm³/mol. The molecule has 0 bridgehead atoms. The lowest BCUT2D eigenvalue weighted by Crippen LogP contribution is -2.07. The summed E-state index contributed by atoms with van der Waals surface area (Å²) >= 11 is 0. The molecule has 2 atom stereocenters. The third-order valence-corrected chi connectivity index (χ3v) is 6.11. The molecule has 0 radical (unpaired) electrons. The molecule has 6 nitrogen and oxygen atoms in total. The van der Waals surface area contributed by atoms with E-state index >= 15 is 0 Å². The number of aliphatic carboxylic acids is 1. The van der Waals surface area contributed by atoms with Crippen LogP contribution in [0.2, 0.25) is 0 Å². The number of ether oxygens (including phenoxy) is 3. The molecule has 1 aliphatic carbocycles. The molecule has 2 heterocycles. The van der Waals surface area contributed by atoms with E-state index in [1.807, 2.05) is 36.4 Å². The zero-order chi connectivity index (χ0) is 22.2. The summed E-state index contributed by atoms with van der Waals surface area (Å²) < 4.78 is 31.7. The number of carbonyl (C=O) groups is 1. The number of fused-ring (bicyclic) bond motifs is 2. The van der Waals surface area contributed by atoms with Crippen molar-refractivity contribution in [1.29, 1.82) is 0 Å². The Kier molecular flexibility index (Phi) is 5.17. The summed E-state index contributed by atoms with van der Waals surface area (Å²) in [6, 6.07) is 13.0. The fourth-order valence-electron chi connectivity index (χ4n) is 4.60. The molecule has 1 N–H and O–H groups in total. The van der Waals surface area contributed by atoms with Crippen molar-refractivity contribution >= 4 is 5.97 Å². The molecule has 2 aromatic carbocycles. The number of hydrogen-bond acceptors (Lipinski definition) is 5. The third-order valence-electron chi connectivity index (χ3n) is 6.11. The Hall–Kier alpha value is -3.61. The van der Waals surface area contributed by atoms with Gasteiger partial charge in [-0.1, -0.05) is 24.3 Å². The van der Waals surface area contributed by atoms with E-state index in [0.717, 1.165) is 35.1 Å². The number of halogens is 1. The van der Waals surface area contributed by atoms with Gasteiger partial charge in [0.15, 0.2) is 0 Å². The minimum atomic E-state index is -0.839. The van der Waals surface area contributed by atoms with Crippen molar-refractivity contribution in [1.82, 2.24) is 4.98 Å². The molecule has 3 aromatic rings. The molecular formula is C25H22FNO5. The van der Waals surface area contributed by atoms with Crippen LogP contribution in [0.5, 0.6) is 17.4 Å². The van der Waals surface area contributed by atoms with Crippen molar-refractivity contribution in [3.05, 3.63) is 71.2 Å². The van der Waals surface area contributed by atoms with Gasteiger partial charge in [0.2, 0.25) is 5.88 Å². The summed E-state index contributed by atoms with van der Waals surface area (Å²) in [6.45, 7) is 0.363. The lowest BCUT2D eigenvalue weighted by molar-refractivity contribution is -0.137. The fraction of sp³-hybridized carbons (Fsp3) is 0.280. The number of rotatable bonds is 6. The molecule has 0 saturated heterocycles. The van der Waals surface area contributed by atoms with E-state index < -0.39 is 11.8 Å². The summed E-state index contributed by atoms with van der Waals surface area (Å²) in [4.78, 5) is 15.0. The lowest BCUT2D eigenvalue weighted by Gasteiger charge is -2.17. The van der Waals surface area contributed by atoms with E-state index in [9.17, 15) is 9.18 Å². The minimum Gasteiger partial charge on any atom is -0.492 e. The van der Waals surface area contributed by atoms with Gasteiger partial charge in [0, 0.05) is 29.2 Å². The number of hydrogen-bond donors (Lipinski definition) is 1. The van der Waals surface area contributed by atoms with Crippen LogP contribution in [0, 0.1) is 5.82 Å². The largest absolute Gasteiger partial charge is 0.492 e. The van der Waals surface area contributed by atoms with Gasteiger partial charge in [0.05, 0.1) is 26.3 Å². The number of nitrogens with zero attached hydrogens (tertiary/aromatic N) is 1. The van der Waals surface area contributed by atoms with Gasteiger partial charge in [0.1, 0.15) is 23.4 Å².